The van der Waals surface area contributed by atoms with Crippen LogP contribution in [0.15, 0.2) is 11.6 Å². The summed E-state index contributed by atoms with van der Waals surface area (Å²) in [6, 6.07) is 0. The van der Waals surface area contributed by atoms with Crippen molar-refractivity contribution in [2.45, 2.75) is 27.2 Å². The average molecular weight is 266 g/mol. The van der Waals surface area contributed by atoms with Gasteiger partial charge in [-0.05, 0) is 19.4 Å². The lowest BCUT2D eigenvalue weighted by molar-refractivity contribution is 0.613. The maximum atomic E-state index is 5.74. The van der Waals surface area contributed by atoms with Crippen LogP contribution in [0.25, 0.3) is 4.96 Å². The van der Waals surface area contributed by atoms with E-state index >= 15 is 0 Å². The molecule has 2 heterocycles. The van der Waals surface area contributed by atoms with E-state index in [0.717, 1.165) is 30.3 Å². The van der Waals surface area contributed by atoms with Gasteiger partial charge in [0.05, 0.1) is 5.69 Å². The third kappa shape index (κ3) is 2.52. The number of thiazole rings is 1. The highest BCUT2D eigenvalue weighted by Gasteiger charge is 2.18. The summed E-state index contributed by atoms with van der Waals surface area (Å²) in [4.78, 5) is 8.19. The minimum absolute atomic E-state index is 0.635. The first kappa shape index (κ1) is 13.4. The topological polar surface area (TPSA) is 46.6 Å². The quantitative estimate of drug-likeness (QED) is 0.873. The maximum absolute atomic E-state index is 5.74. The normalized spacial score (nSPS) is 11.6. The van der Waals surface area contributed by atoms with Gasteiger partial charge in [0.2, 0.25) is 0 Å². The fourth-order valence-corrected chi connectivity index (χ4v) is 2.98. The summed E-state index contributed by atoms with van der Waals surface area (Å²) in [5.74, 6) is 1.75. The van der Waals surface area contributed by atoms with Gasteiger partial charge in [-0.15, -0.1) is 11.3 Å². The van der Waals surface area contributed by atoms with E-state index in [1.54, 1.807) is 11.3 Å². The van der Waals surface area contributed by atoms with E-state index in [1.165, 1.54) is 5.69 Å². The molecular weight excluding hydrogens is 244 g/mol. The van der Waals surface area contributed by atoms with Crippen molar-refractivity contribution in [2.75, 3.05) is 24.5 Å². The highest BCUT2D eigenvalue weighted by Crippen LogP contribution is 2.25. The Labute approximate surface area is 112 Å². The molecule has 0 aliphatic rings. The monoisotopic (exact) mass is 266 g/mol. The van der Waals surface area contributed by atoms with Crippen LogP contribution in [0.2, 0.25) is 0 Å². The fourth-order valence-electron chi connectivity index (χ4n) is 2.25. The summed E-state index contributed by atoms with van der Waals surface area (Å²) in [7, 11) is 0. The zero-order chi connectivity index (χ0) is 13.1. The summed E-state index contributed by atoms with van der Waals surface area (Å²) < 4.78 is 2.18. The van der Waals surface area contributed by atoms with Gasteiger partial charge in [-0.2, -0.15) is 0 Å². The molecule has 0 radical (unpaired) electrons. The standard InChI is InChI=1S/C13H22N4S/c1-4-16(9-10(2)3)12-11(5-6-14)17-7-8-18-13(17)15-12/h7-8,10H,4-6,9,14H2,1-3H3. The number of anilines is 1. The molecule has 0 aromatic carbocycles. The van der Waals surface area contributed by atoms with Crippen molar-refractivity contribution in [2.24, 2.45) is 11.7 Å². The SMILES string of the molecule is CCN(CC(C)C)c1nc2sccn2c1CCN. The van der Waals surface area contributed by atoms with E-state index in [2.05, 4.69) is 41.6 Å². The van der Waals surface area contributed by atoms with Gasteiger partial charge >= 0.3 is 0 Å². The van der Waals surface area contributed by atoms with Gasteiger partial charge in [0.25, 0.3) is 0 Å². The second-order valence-corrected chi connectivity index (χ2v) is 5.78. The molecule has 100 valence electrons. The van der Waals surface area contributed by atoms with Crippen LogP contribution in [0.3, 0.4) is 0 Å². The highest BCUT2D eigenvalue weighted by atomic mass is 32.1. The fraction of sp³-hybridized carbons (Fsp3) is 0.615. The van der Waals surface area contributed by atoms with Crippen LogP contribution in [-0.2, 0) is 6.42 Å². The van der Waals surface area contributed by atoms with Gasteiger partial charge < -0.3 is 10.6 Å². The van der Waals surface area contributed by atoms with Crippen molar-refractivity contribution in [3.8, 4) is 0 Å². The molecule has 0 spiro atoms. The first-order valence-electron chi connectivity index (χ1n) is 6.56. The Morgan fingerprint density at radius 2 is 2.28 bits per heavy atom. The minimum atomic E-state index is 0.635. The largest absolute Gasteiger partial charge is 0.355 e. The number of hydrogen-bond acceptors (Lipinski definition) is 4. The molecular formula is C13H22N4S. The molecule has 0 saturated heterocycles. The van der Waals surface area contributed by atoms with E-state index in [4.69, 9.17) is 10.7 Å². The molecule has 2 rings (SSSR count). The predicted octanol–water partition coefficient (Wildman–Crippen LogP) is 2.38. The van der Waals surface area contributed by atoms with Gasteiger partial charge in [-0.25, -0.2) is 4.98 Å². The van der Waals surface area contributed by atoms with Crippen molar-refractivity contribution in [1.29, 1.82) is 0 Å². The molecule has 0 aliphatic carbocycles. The summed E-state index contributed by atoms with van der Waals surface area (Å²) in [5.41, 5.74) is 6.98. The number of nitrogens with two attached hydrogens (primary N) is 1. The van der Waals surface area contributed by atoms with Gasteiger partial charge in [-0.3, -0.25) is 4.40 Å². The van der Waals surface area contributed by atoms with Gasteiger partial charge in [0.1, 0.15) is 0 Å². The molecule has 2 N–H and O–H groups in total. The third-order valence-electron chi connectivity index (χ3n) is 2.99. The van der Waals surface area contributed by atoms with Crippen molar-refractivity contribution in [3.05, 3.63) is 17.3 Å². The molecule has 0 fully saturated rings. The first-order valence-corrected chi connectivity index (χ1v) is 7.44. The van der Waals surface area contributed by atoms with Crippen molar-refractivity contribution >= 4 is 22.1 Å². The molecule has 2 aromatic heterocycles. The molecule has 0 bridgehead atoms. The maximum Gasteiger partial charge on any atom is 0.195 e. The highest BCUT2D eigenvalue weighted by molar-refractivity contribution is 7.15. The van der Waals surface area contributed by atoms with Crippen LogP contribution in [0.1, 0.15) is 26.5 Å². The summed E-state index contributed by atoms with van der Waals surface area (Å²) >= 11 is 1.68. The second kappa shape index (κ2) is 5.71. The minimum Gasteiger partial charge on any atom is -0.355 e. The summed E-state index contributed by atoms with van der Waals surface area (Å²) in [5, 5.41) is 2.07. The Kier molecular flexibility index (Phi) is 4.24. The molecule has 18 heavy (non-hydrogen) atoms. The Morgan fingerprint density at radius 1 is 1.50 bits per heavy atom. The van der Waals surface area contributed by atoms with Crippen LogP contribution in [0.5, 0.6) is 0 Å². The Balaban J connectivity index is 2.40. The van der Waals surface area contributed by atoms with Crippen molar-refractivity contribution in [3.63, 3.8) is 0 Å². The number of nitrogens with zero attached hydrogens (tertiary/aromatic N) is 3. The van der Waals surface area contributed by atoms with Crippen LogP contribution in [-0.4, -0.2) is 29.0 Å². The van der Waals surface area contributed by atoms with Crippen molar-refractivity contribution < 1.29 is 0 Å². The number of hydrogen-bond donors (Lipinski definition) is 1. The lowest BCUT2D eigenvalue weighted by atomic mass is 10.2. The first-order chi connectivity index (χ1) is 8.67. The zero-order valence-corrected chi connectivity index (χ0v) is 12.2. The van der Waals surface area contributed by atoms with Gasteiger partial charge in [0, 0.05) is 31.1 Å². The average Bonchev–Trinajstić information content (AvgIpc) is 2.89. The number of imidazole rings is 1. The number of aromatic nitrogens is 2. The molecule has 4 nitrogen and oxygen atoms in total. The lowest BCUT2D eigenvalue weighted by Gasteiger charge is -2.24. The second-order valence-electron chi connectivity index (χ2n) is 4.91. The van der Waals surface area contributed by atoms with E-state index in [9.17, 15) is 0 Å². The van der Waals surface area contributed by atoms with Crippen LogP contribution in [0, 0.1) is 5.92 Å². The number of rotatable bonds is 6. The molecule has 5 heteroatoms. The Morgan fingerprint density at radius 3 is 2.89 bits per heavy atom. The van der Waals surface area contributed by atoms with Crippen LogP contribution < -0.4 is 10.6 Å². The molecule has 0 unspecified atom stereocenters. The van der Waals surface area contributed by atoms with E-state index in [-0.39, 0.29) is 0 Å². The van der Waals surface area contributed by atoms with Gasteiger partial charge in [0.15, 0.2) is 10.8 Å². The Hall–Kier alpha value is -1.07. The van der Waals surface area contributed by atoms with Crippen LogP contribution >= 0.6 is 11.3 Å². The predicted molar refractivity (Wildman–Crippen MR) is 78.6 cm³/mol. The number of fused-ring (bicyclic) bond motifs is 1. The molecule has 2 aromatic rings. The smallest absolute Gasteiger partial charge is 0.195 e. The lowest BCUT2D eigenvalue weighted by Crippen LogP contribution is -2.28. The van der Waals surface area contributed by atoms with E-state index < -0.39 is 0 Å². The molecule has 0 amide bonds. The van der Waals surface area contributed by atoms with Gasteiger partial charge in [-0.1, -0.05) is 13.8 Å². The third-order valence-corrected chi connectivity index (χ3v) is 3.74. The molecule has 0 aliphatic heterocycles. The van der Waals surface area contributed by atoms with Crippen LogP contribution in [0.4, 0.5) is 5.82 Å². The van der Waals surface area contributed by atoms with E-state index in [0.29, 0.717) is 12.5 Å². The van der Waals surface area contributed by atoms with Crippen molar-refractivity contribution in [1.82, 2.24) is 9.38 Å². The summed E-state index contributed by atoms with van der Waals surface area (Å²) in [6.07, 6.45) is 2.96. The zero-order valence-electron chi connectivity index (χ0n) is 11.4. The summed E-state index contributed by atoms with van der Waals surface area (Å²) in [6.45, 7) is 9.35. The van der Waals surface area contributed by atoms with E-state index in [1.807, 2.05) is 0 Å². The molecule has 0 saturated carbocycles. The molecule has 0 atom stereocenters. The Bertz CT molecular complexity index is 500.